The molecule has 0 N–H and O–H groups in total. The highest BCUT2D eigenvalue weighted by molar-refractivity contribution is 5.92. The van der Waals surface area contributed by atoms with Crippen molar-refractivity contribution < 1.29 is 9.53 Å². The van der Waals surface area contributed by atoms with Gasteiger partial charge in [0.15, 0.2) is 0 Å². The number of ether oxygens (including phenoxy) is 1. The fourth-order valence-electron chi connectivity index (χ4n) is 3.19. The molecule has 1 saturated heterocycles. The van der Waals surface area contributed by atoms with Crippen molar-refractivity contribution in [3.05, 3.63) is 47.5 Å². The Morgan fingerprint density at radius 1 is 1.36 bits per heavy atom. The largest absolute Gasteiger partial charge is 0.373 e. The third-order valence-corrected chi connectivity index (χ3v) is 4.59. The van der Waals surface area contributed by atoms with Crippen molar-refractivity contribution in [3.63, 3.8) is 0 Å². The van der Waals surface area contributed by atoms with Crippen molar-refractivity contribution in [2.45, 2.75) is 45.3 Å². The van der Waals surface area contributed by atoms with Crippen LogP contribution in [0.1, 0.15) is 47.9 Å². The quantitative estimate of drug-likeness (QED) is 0.809. The molecule has 1 amide bonds. The second kappa shape index (κ2) is 8.25. The predicted octanol–water partition coefficient (Wildman–Crippen LogP) is 2.59. The first-order valence-corrected chi connectivity index (χ1v) is 9.00. The van der Waals surface area contributed by atoms with Crippen molar-refractivity contribution in [1.29, 1.82) is 0 Å². The van der Waals surface area contributed by atoms with Crippen molar-refractivity contribution in [1.82, 2.24) is 19.7 Å². The first-order chi connectivity index (χ1) is 12.2. The molecule has 2 aromatic rings. The molecule has 134 valence electrons. The average molecular weight is 342 g/mol. The number of hydrogen-bond acceptors (Lipinski definition) is 4. The third kappa shape index (κ3) is 4.45. The highest BCUT2D eigenvalue weighted by atomic mass is 16.5. The minimum absolute atomic E-state index is 0.0723. The smallest absolute Gasteiger partial charge is 0.272 e. The molecule has 1 fully saturated rings. The predicted molar refractivity (Wildman–Crippen MR) is 95.2 cm³/mol. The molecule has 25 heavy (non-hydrogen) atoms. The van der Waals surface area contributed by atoms with Crippen LogP contribution < -0.4 is 0 Å². The van der Waals surface area contributed by atoms with Crippen molar-refractivity contribution in [2.24, 2.45) is 7.05 Å². The van der Waals surface area contributed by atoms with Gasteiger partial charge in [0.2, 0.25) is 0 Å². The van der Waals surface area contributed by atoms with Gasteiger partial charge in [-0.25, -0.2) is 0 Å². The zero-order valence-corrected chi connectivity index (χ0v) is 15.0. The van der Waals surface area contributed by atoms with E-state index in [9.17, 15) is 4.79 Å². The molecule has 3 heterocycles. The zero-order chi connectivity index (χ0) is 17.6. The van der Waals surface area contributed by atoms with Gasteiger partial charge in [-0.05, 0) is 37.0 Å². The summed E-state index contributed by atoms with van der Waals surface area (Å²) in [5, 5.41) is 4.43. The number of carbonyl (C=O) groups excluding carboxylic acids is 1. The van der Waals surface area contributed by atoms with Gasteiger partial charge in [0.1, 0.15) is 5.69 Å². The maximum absolute atomic E-state index is 12.7. The van der Waals surface area contributed by atoms with E-state index in [0.29, 0.717) is 12.3 Å². The molecule has 2 aromatic heterocycles. The minimum atomic E-state index is 0.0723. The lowest BCUT2D eigenvalue weighted by Gasteiger charge is -2.31. The number of nitrogens with zero attached hydrogens (tertiary/aromatic N) is 4. The van der Waals surface area contributed by atoms with E-state index in [4.69, 9.17) is 4.74 Å². The number of hydrogen-bond donors (Lipinski definition) is 0. The van der Waals surface area contributed by atoms with E-state index in [-0.39, 0.29) is 12.0 Å². The van der Waals surface area contributed by atoms with Crippen LogP contribution in [0.15, 0.2) is 30.6 Å². The molecule has 0 radical (unpaired) electrons. The summed E-state index contributed by atoms with van der Waals surface area (Å²) in [5.74, 6) is 0.0723. The lowest BCUT2D eigenvalue weighted by Crippen LogP contribution is -2.41. The number of likely N-dealkylation sites (tertiary alicyclic amines) is 1. The van der Waals surface area contributed by atoms with Crippen molar-refractivity contribution in [3.8, 4) is 0 Å². The fourth-order valence-corrected chi connectivity index (χ4v) is 3.19. The Morgan fingerprint density at radius 3 is 2.84 bits per heavy atom. The van der Waals surface area contributed by atoms with Crippen LogP contribution in [0.4, 0.5) is 0 Å². The number of aryl methyl sites for hydroxylation is 2. The Kier molecular flexibility index (Phi) is 5.81. The van der Waals surface area contributed by atoms with Gasteiger partial charge in [-0.1, -0.05) is 19.4 Å². The number of rotatable bonds is 6. The summed E-state index contributed by atoms with van der Waals surface area (Å²) in [4.78, 5) is 18.8. The van der Waals surface area contributed by atoms with Crippen LogP contribution in [0.25, 0.3) is 0 Å². The van der Waals surface area contributed by atoms with Gasteiger partial charge in [0.05, 0.1) is 18.4 Å². The highest BCUT2D eigenvalue weighted by Gasteiger charge is 2.26. The van der Waals surface area contributed by atoms with Gasteiger partial charge in [-0.3, -0.25) is 14.5 Å². The van der Waals surface area contributed by atoms with Gasteiger partial charge in [0.25, 0.3) is 5.91 Å². The molecule has 6 nitrogen and oxygen atoms in total. The van der Waals surface area contributed by atoms with Crippen LogP contribution in [0.3, 0.4) is 0 Å². The lowest BCUT2D eigenvalue weighted by atomic mass is 10.1. The number of pyridine rings is 1. The van der Waals surface area contributed by atoms with Gasteiger partial charge >= 0.3 is 0 Å². The molecule has 1 aliphatic heterocycles. The summed E-state index contributed by atoms with van der Waals surface area (Å²) < 4.78 is 7.67. The SMILES string of the molecule is CCCc1cc(C(=O)N2CCC(OCc3cccnc3)CC2)n(C)n1. The van der Waals surface area contributed by atoms with E-state index in [1.165, 1.54) is 0 Å². The summed E-state index contributed by atoms with van der Waals surface area (Å²) in [7, 11) is 1.84. The topological polar surface area (TPSA) is 60.3 Å². The summed E-state index contributed by atoms with van der Waals surface area (Å²) >= 11 is 0. The van der Waals surface area contributed by atoms with Crippen LogP contribution >= 0.6 is 0 Å². The van der Waals surface area contributed by atoms with E-state index in [1.54, 1.807) is 10.9 Å². The molecule has 0 aromatic carbocycles. The molecule has 0 atom stereocenters. The molecule has 6 heteroatoms. The number of piperidine rings is 1. The Balaban J connectivity index is 1.50. The number of amides is 1. The zero-order valence-electron chi connectivity index (χ0n) is 15.0. The van der Waals surface area contributed by atoms with E-state index in [1.807, 2.05) is 36.3 Å². The average Bonchev–Trinajstić information content (AvgIpc) is 3.01. The van der Waals surface area contributed by atoms with Crippen molar-refractivity contribution >= 4 is 5.91 Å². The van der Waals surface area contributed by atoms with Gasteiger partial charge in [-0.2, -0.15) is 5.10 Å². The van der Waals surface area contributed by atoms with E-state index in [0.717, 1.165) is 50.0 Å². The Labute approximate surface area is 148 Å². The van der Waals surface area contributed by atoms with Crippen LogP contribution in [-0.2, 0) is 24.8 Å². The molecule has 0 aliphatic carbocycles. The Bertz CT molecular complexity index is 691. The van der Waals surface area contributed by atoms with E-state index >= 15 is 0 Å². The molecule has 0 saturated carbocycles. The van der Waals surface area contributed by atoms with Gasteiger partial charge in [0, 0.05) is 32.5 Å². The summed E-state index contributed by atoms with van der Waals surface area (Å²) in [5.41, 5.74) is 2.75. The first kappa shape index (κ1) is 17.6. The Hall–Kier alpha value is -2.21. The molecular weight excluding hydrogens is 316 g/mol. The summed E-state index contributed by atoms with van der Waals surface area (Å²) in [6.45, 7) is 4.15. The number of carbonyl (C=O) groups is 1. The summed E-state index contributed by atoms with van der Waals surface area (Å²) in [6.07, 6.45) is 7.46. The number of aromatic nitrogens is 3. The van der Waals surface area contributed by atoms with Crippen molar-refractivity contribution in [2.75, 3.05) is 13.1 Å². The molecule has 0 bridgehead atoms. The molecule has 3 rings (SSSR count). The monoisotopic (exact) mass is 342 g/mol. The Morgan fingerprint density at radius 2 is 2.16 bits per heavy atom. The molecule has 1 aliphatic rings. The molecule has 0 unspecified atom stereocenters. The fraction of sp³-hybridized carbons (Fsp3) is 0.526. The highest BCUT2D eigenvalue weighted by Crippen LogP contribution is 2.18. The molecular formula is C19H26N4O2. The first-order valence-electron chi connectivity index (χ1n) is 9.00. The normalized spacial score (nSPS) is 15.5. The van der Waals surface area contributed by atoms with E-state index < -0.39 is 0 Å². The second-order valence-corrected chi connectivity index (χ2v) is 6.56. The van der Waals surface area contributed by atoms with Gasteiger partial charge < -0.3 is 9.64 Å². The standard InChI is InChI=1S/C19H26N4O2/c1-3-5-16-12-18(22(2)21-16)19(24)23-10-7-17(8-11-23)25-14-15-6-4-9-20-13-15/h4,6,9,12-13,17H,3,5,7-8,10-11,14H2,1-2H3. The molecule has 0 spiro atoms. The maximum atomic E-state index is 12.7. The van der Waals surface area contributed by atoms with Gasteiger partial charge in [-0.15, -0.1) is 0 Å². The van der Waals surface area contributed by atoms with Crippen LogP contribution in [0.2, 0.25) is 0 Å². The minimum Gasteiger partial charge on any atom is -0.373 e. The maximum Gasteiger partial charge on any atom is 0.272 e. The summed E-state index contributed by atoms with van der Waals surface area (Å²) in [6, 6.07) is 5.86. The van der Waals surface area contributed by atoms with E-state index in [2.05, 4.69) is 17.0 Å². The van der Waals surface area contributed by atoms with Crippen LogP contribution in [-0.4, -0.2) is 44.8 Å². The lowest BCUT2D eigenvalue weighted by molar-refractivity contribution is -0.000697. The third-order valence-electron chi connectivity index (χ3n) is 4.59. The second-order valence-electron chi connectivity index (χ2n) is 6.56. The van der Waals surface area contributed by atoms with Crippen LogP contribution in [0, 0.1) is 0 Å². The van der Waals surface area contributed by atoms with Crippen LogP contribution in [0.5, 0.6) is 0 Å².